The van der Waals surface area contributed by atoms with E-state index in [0.29, 0.717) is 19.3 Å². The maximum atomic E-state index is 12.9. The van der Waals surface area contributed by atoms with Gasteiger partial charge >= 0.3 is 17.9 Å². The van der Waals surface area contributed by atoms with Crippen LogP contribution in [0.15, 0.2) is 12.2 Å². The van der Waals surface area contributed by atoms with Crippen LogP contribution < -0.4 is 0 Å². The molecule has 0 aromatic rings. The Morgan fingerprint density at radius 2 is 0.465 bits per heavy atom. The van der Waals surface area contributed by atoms with Crippen molar-refractivity contribution in [2.45, 2.75) is 374 Å². The SMILES string of the molecule is CCCCCCC/C=C\CCCCCCCC(=O)OCC(COC(=O)CCCCCCCCCCCCCCCCCCCCCCCC)OC(=O)CCCCCCCCCCCCCCCCCCC. The molecule has 0 aliphatic heterocycles. The minimum atomic E-state index is -0.768. The molecule has 0 aromatic carbocycles. The van der Waals surface area contributed by atoms with Crippen molar-refractivity contribution in [3.05, 3.63) is 12.2 Å². The molecule has 0 fully saturated rings. The van der Waals surface area contributed by atoms with Crippen LogP contribution in [-0.2, 0) is 28.6 Å². The number of rotatable bonds is 60. The molecular weight excluding hydrogens is 877 g/mol. The van der Waals surface area contributed by atoms with Gasteiger partial charge in [-0.2, -0.15) is 0 Å². The molecule has 0 spiro atoms. The Kier molecular flexibility index (Phi) is 59.1. The van der Waals surface area contributed by atoms with Crippen LogP contribution in [-0.4, -0.2) is 37.2 Å². The van der Waals surface area contributed by atoms with Crippen LogP contribution in [0.4, 0.5) is 0 Å². The van der Waals surface area contributed by atoms with Crippen molar-refractivity contribution >= 4 is 17.9 Å². The second-order valence-corrected chi connectivity index (χ2v) is 22.0. The number of carbonyl (C=O) groups is 3. The number of hydrogen-bond donors (Lipinski definition) is 0. The van der Waals surface area contributed by atoms with Crippen LogP contribution in [0.25, 0.3) is 0 Å². The smallest absolute Gasteiger partial charge is 0.306 e. The van der Waals surface area contributed by atoms with E-state index in [1.165, 1.54) is 263 Å². The Balaban J connectivity index is 4.26. The summed E-state index contributed by atoms with van der Waals surface area (Å²) in [4.78, 5) is 38.3. The lowest BCUT2D eigenvalue weighted by Gasteiger charge is -2.18. The summed E-state index contributed by atoms with van der Waals surface area (Å²) in [7, 11) is 0. The van der Waals surface area contributed by atoms with Gasteiger partial charge in [-0.3, -0.25) is 14.4 Å². The van der Waals surface area contributed by atoms with E-state index in [-0.39, 0.29) is 31.1 Å². The Morgan fingerprint density at radius 3 is 0.704 bits per heavy atom. The Hall–Kier alpha value is -1.85. The number of hydrogen-bond acceptors (Lipinski definition) is 6. The summed E-state index contributed by atoms with van der Waals surface area (Å²) in [5.74, 6) is -0.844. The summed E-state index contributed by atoms with van der Waals surface area (Å²) in [6, 6.07) is 0. The van der Waals surface area contributed by atoms with Gasteiger partial charge in [-0.15, -0.1) is 0 Å². The molecule has 0 aliphatic carbocycles. The first kappa shape index (κ1) is 69.2. The van der Waals surface area contributed by atoms with E-state index in [4.69, 9.17) is 14.2 Å². The molecule has 0 heterocycles. The van der Waals surface area contributed by atoms with Gasteiger partial charge in [-0.25, -0.2) is 0 Å². The minimum Gasteiger partial charge on any atom is -0.462 e. The second kappa shape index (κ2) is 60.7. The molecule has 420 valence electrons. The third kappa shape index (κ3) is 58.9. The van der Waals surface area contributed by atoms with Crippen molar-refractivity contribution < 1.29 is 28.6 Å². The summed E-state index contributed by atoms with van der Waals surface area (Å²) in [5, 5.41) is 0. The van der Waals surface area contributed by atoms with Crippen molar-refractivity contribution in [2.75, 3.05) is 13.2 Å². The van der Waals surface area contributed by atoms with Crippen LogP contribution in [0.1, 0.15) is 367 Å². The van der Waals surface area contributed by atoms with Crippen LogP contribution in [0.3, 0.4) is 0 Å². The standard InChI is InChI=1S/C65H124O6/c1-4-7-10-13-16-19-22-25-28-30-31-32-33-34-36-37-40-43-46-49-52-55-58-64(67)70-61-62(60-69-63(66)57-54-51-48-45-42-39-27-24-21-18-15-12-9-6-3)71-65(68)59-56-53-50-47-44-41-38-35-29-26-23-20-17-14-11-8-5-2/h24,27,62H,4-23,25-26,28-61H2,1-3H3/b27-24-. The fraction of sp³-hybridized carbons (Fsp3) is 0.923. The van der Waals surface area contributed by atoms with Crippen LogP contribution >= 0.6 is 0 Å². The van der Waals surface area contributed by atoms with E-state index in [1.54, 1.807) is 0 Å². The molecule has 6 nitrogen and oxygen atoms in total. The molecule has 0 saturated heterocycles. The Morgan fingerprint density at radius 1 is 0.268 bits per heavy atom. The van der Waals surface area contributed by atoms with Crippen molar-refractivity contribution in [1.29, 1.82) is 0 Å². The van der Waals surface area contributed by atoms with Gasteiger partial charge in [0.1, 0.15) is 13.2 Å². The maximum Gasteiger partial charge on any atom is 0.306 e. The van der Waals surface area contributed by atoms with Gasteiger partial charge in [0, 0.05) is 19.3 Å². The van der Waals surface area contributed by atoms with Gasteiger partial charge in [-0.1, -0.05) is 315 Å². The molecule has 0 N–H and O–H groups in total. The number of ether oxygens (including phenoxy) is 3. The van der Waals surface area contributed by atoms with Crippen molar-refractivity contribution in [3.63, 3.8) is 0 Å². The van der Waals surface area contributed by atoms with Gasteiger partial charge < -0.3 is 14.2 Å². The summed E-state index contributed by atoms with van der Waals surface area (Å²) < 4.78 is 16.9. The molecule has 6 heteroatoms. The van der Waals surface area contributed by atoms with Gasteiger partial charge in [0.25, 0.3) is 0 Å². The Bertz CT molecular complexity index is 1100. The lowest BCUT2D eigenvalue weighted by molar-refractivity contribution is -0.167. The van der Waals surface area contributed by atoms with E-state index in [2.05, 4.69) is 32.9 Å². The molecule has 0 rings (SSSR count). The molecule has 0 amide bonds. The zero-order valence-electron chi connectivity index (χ0n) is 48.3. The second-order valence-electron chi connectivity index (χ2n) is 22.0. The van der Waals surface area contributed by atoms with Crippen molar-refractivity contribution in [2.24, 2.45) is 0 Å². The molecular formula is C65H124O6. The normalized spacial score (nSPS) is 12.0. The summed E-state index contributed by atoms with van der Waals surface area (Å²) >= 11 is 0. The Labute approximate surface area is 443 Å². The minimum absolute atomic E-state index is 0.0660. The molecule has 1 atom stereocenters. The molecule has 0 aromatic heterocycles. The van der Waals surface area contributed by atoms with Gasteiger partial charge in [0.15, 0.2) is 6.10 Å². The highest BCUT2D eigenvalue weighted by Gasteiger charge is 2.19. The van der Waals surface area contributed by atoms with Crippen molar-refractivity contribution in [1.82, 2.24) is 0 Å². The lowest BCUT2D eigenvalue weighted by Crippen LogP contribution is -2.30. The zero-order valence-corrected chi connectivity index (χ0v) is 48.3. The van der Waals surface area contributed by atoms with E-state index in [1.807, 2.05) is 0 Å². The largest absolute Gasteiger partial charge is 0.462 e. The first-order chi connectivity index (χ1) is 35.0. The molecule has 0 bridgehead atoms. The van der Waals surface area contributed by atoms with E-state index in [0.717, 1.165) is 64.2 Å². The lowest BCUT2D eigenvalue weighted by atomic mass is 10.0. The van der Waals surface area contributed by atoms with Crippen LogP contribution in [0.5, 0.6) is 0 Å². The number of esters is 3. The van der Waals surface area contributed by atoms with E-state index >= 15 is 0 Å². The summed E-state index contributed by atoms with van der Waals surface area (Å²) in [6.07, 6.45) is 70.8. The number of allylic oxidation sites excluding steroid dienone is 2. The van der Waals surface area contributed by atoms with E-state index in [9.17, 15) is 14.4 Å². The predicted octanol–water partition coefficient (Wildman–Crippen LogP) is 21.7. The third-order valence-corrected chi connectivity index (χ3v) is 14.8. The quantitative estimate of drug-likeness (QED) is 0.0261. The first-order valence-electron chi connectivity index (χ1n) is 32.2. The summed E-state index contributed by atoms with van der Waals surface area (Å²) in [5.41, 5.74) is 0. The van der Waals surface area contributed by atoms with E-state index < -0.39 is 6.10 Å². The number of carbonyl (C=O) groups excluding carboxylic acids is 3. The van der Waals surface area contributed by atoms with Gasteiger partial charge in [0.2, 0.25) is 0 Å². The fourth-order valence-corrected chi connectivity index (χ4v) is 9.91. The average molecular weight is 1000 g/mol. The first-order valence-corrected chi connectivity index (χ1v) is 32.2. The maximum absolute atomic E-state index is 12.9. The molecule has 0 aliphatic rings. The van der Waals surface area contributed by atoms with Gasteiger partial charge in [0.05, 0.1) is 0 Å². The highest BCUT2D eigenvalue weighted by molar-refractivity contribution is 5.71. The van der Waals surface area contributed by atoms with Crippen LogP contribution in [0, 0.1) is 0 Å². The number of unbranched alkanes of at least 4 members (excludes halogenated alkanes) is 47. The van der Waals surface area contributed by atoms with Crippen LogP contribution in [0.2, 0.25) is 0 Å². The predicted molar refractivity (Wildman–Crippen MR) is 307 cm³/mol. The zero-order chi connectivity index (χ0) is 51.4. The highest BCUT2D eigenvalue weighted by atomic mass is 16.6. The molecule has 0 saturated carbocycles. The van der Waals surface area contributed by atoms with Gasteiger partial charge in [-0.05, 0) is 44.9 Å². The summed E-state index contributed by atoms with van der Waals surface area (Å²) in [6.45, 7) is 6.70. The monoisotopic (exact) mass is 1000 g/mol. The average Bonchev–Trinajstić information content (AvgIpc) is 3.37. The molecule has 0 radical (unpaired) electrons. The topological polar surface area (TPSA) is 78.9 Å². The molecule has 71 heavy (non-hydrogen) atoms. The fourth-order valence-electron chi connectivity index (χ4n) is 9.91. The van der Waals surface area contributed by atoms with Crippen molar-refractivity contribution in [3.8, 4) is 0 Å². The highest BCUT2D eigenvalue weighted by Crippen LogP contribution is 2.18. The molecule has 1 unspecified atom stereocenters. The third-order valence-electron chi connectivity index (χ3n) is 14.8.